The molecule has 116 valence electrons. The summed E-state index contributed by atoms with van der Waals surface area (Å²) >= 11 is 0. The first-order chi connectivity index (χ1) is 10.8. The maximum absolute atomic E-state index is 9.65. The topological polar surface area (TPSA) is 38.7 Å². The summed E-state index contributed by atoms with van der Waals surface area (Å²) in [6, 6.07) is 12.7. The van der Waals surface area contributed by atoms with Crippen molar-refractivity contribution in [3.8, 4) is 11.5 Å². The van der Waals surface area contributed by atoms with Gasteiger partial charge in [-0.25, -0.2) is 0 Å². The van der Waals surface area contributed by atoms with Crippen molar-refractivity contribution in [3.05, 3.63) is 58.7 Å². The van der Waals surface area contributed by atoms with Crippen LogP contribution >= 0.6 is 0 Å². The zero-order chi connectivity index (χ0) is 15.5. The van der Waals surface area contributed by atoms with Crippen LogP contribution in [0.2, 0.25) is 0 Å². The number of hydrogen-bond acceptors (Lipinski definition) is 3. The van der Waals surface area contributed by atoms with Crippen LogP contribution in [0.5, 0.6) is 11.5 Å². The highest BCUT2D eigenvalue weighted by Crippen LogP contribution is 2.41. The Balaban J connectivity index is 2.10. The van der Waals surface area contributed by atoms with Crippen LogP contribution in [0.1, 0.15) is 41.0 Å². The van der Waals surface area contributed by atoms with Crippen molar-refractivity contribution in [2.24, 2.45) is 0 Å². The Morgan fingerprint density at radius 1 is 1.14 bits per heavy atom. The number of aliphatic hydroxyl groups excluding tert-OH is 1. The fourth-order valence-electron chi connectivity index (χ4n) is 3.49. The number of benzene rings is 2. The van der Waals surface area contributed by atoms with Crippen LogP contribution in [0.3, 0.4) is 0 Å². The smallest absolute Gasteiger partial charge is 0.166 e. The van der Waals surface area contributed by atoms with Gasteiger partial charge in [-0.05, 0) is 48.1 Å². The molecule has 0 aliphatic heterocycles. The van der Waals surface area contributed by atoms with Gasteiger partial charge in [-0.2, -0.15) is 0 Å². The van der Waals surface area contributed by atoms with Crippen LogP contribution in [0.25, 0.3) is 0 Å². The van der Waals surface area contributed by atoms with Gasteiger partial charge in [0.15, 0.2) is 11.5 Å². The molecule has 2 aromatic rings. The lowest BCUT2D eigenvalue weighted by atomic mass is 9.78. The Morgan fingerprint density at radius 3 is 2.68 bits per heavy atom. The molecule has 0 fully saturated rings. The van der Waals surface area contributed by atoms with Crippen LogP contribution in [0, 0.1) is 0 Å². The van der Waals surface area contributed by atoms with Gasteiger partial charge in [-0.1, -0.05) is 24.3 Å². The minimum absolute atomic E-state index is 0.0538. The molecule has 1 aliphatic carbocycles. The molecule has 3 heteroatoms. The summed E-state index contributed by atoms with van der Waals surface area (Å²) in [4.78, 5) is 0. The van der Waals surface area contributed by atoms with Gasteiger partial charge in [0.05, 0.1) is 20.8 Å². The van der Waals surface area contributed by atoms with Gasteiger partial charge in [0.2, 0.25) is 0 Å². The lowest BCUT2D eigenvalue weighted by molar-refractivity contribution is 0.269. The Kier molecular flexibility index (Phi) is 4.34. The number of rotatable bonds is 4. The van der Waals surface area contributed by atoms with E-state index in [-0.39, 0.29) is 6.61 Å². The average molecular weight is 298 g/mol. The largest absolute Gasteiger partial charge is 0.493 e. The van der Waals surface area contributed by atoms with Crippen molar-refractivity contribution in [2.45, 2.75) is 31.8 Å². The van der Waals surface area contributed by atoms with Crippen molar-refractivity contribution in [2.75, 3.05) is 14.2 Å². The summed E-state index contributed by atoms with van der Waals surface area (Å²) < 4.78 is 10.8. The summed E-state index contributed by atoms with van der Waals surface area (Å²) in [7, 11) is 3.24. The van der Waals surface area contributed by atoms with E-state index < -0.39 is 0 Å². The maximum Gasteiger partial charge on any atom is 0.166 e. The monoisotopic (exact) mass is 298 g/mol. The molecule has 0 aromatic heterocycles. The van der Waals surface area contributed by atoms with Crippen molar-refractivity contribution in [3.63, 3.8) is 0 Å². The number of hydrogen-bond donors (Lipinski definition) is 1. The number of ether oxygens (including phenoxy) is 2. The fraction of sp³-hybridized carbons (Fsp3) is 0.368. The molecule has 0 bridgehead atoms. The molecule has 1 aliphatic rings. The second-order valence-corrected chi connectivity index (χ2v) is 5.72. The Hall–Kier alpha value is -2.00. The van der Waals surface area contributed by atoms with Gasteiger partial charge in [-0.15, -0.1) is 0 Å². The highest BCUT2D eigenvalue weighted by molar-refractivity contribution is 5.52. The minimum atomic E-state index is -0.0538. The number of methoxy groups -OCH3 is 2. The Morgan fingerprint density at radius 2 is 1.95 bits per heavy atom. The molecule has 22 heavy (non-hydrogen) atoms. The molecule has 0 saturated carbocycles. The van der Waals surface area contributed by atoms with E-state index in [1.54, 1.807) is 14.2 Å². The molecule has 0 spiro atoms. The predicted molar refractivity (Wildman–Crippen MR) is 86.7 cm³/mol. The second-order valence-electron chi connectivity index (χ2n) is 5.72. The van der Waals surface area contributed by atoms with Crippen LogP contribution in [0.4, 0.5) is 0 Å². The lowest BCUT2D eigenvalue weighted by Crippen LogP contribution is -2.11. The fourth-order valence-corrected chi connectivity index (χ4v) is 3.49. The SMILES string of the molecule is COc1cc([C@H]2CCCc3ccccc32)cc(CO)c1OC. The Labute approximate surface area is 131 Å². The molecular formula is C19H22O3. The van der Waals surface area contributed by atoms with Gasteiger partial charge >= 0.3 is 0 Å². The van der Waals surface area contributed by atoms with Gasteiger partial charge in [0.25, 0.3) is 0 Å². The van der Waals surface area contributed by atoms with Crippen LogP contribution in [0.15, 0.2) is 36.4 Å². The van der Waals surface area contributed by atoms with Crippen LogP contribution in [-0.4, -0.2) is 19.3 Å². The third-order valence-corrected chi connectivity index (χ3v) is 4.52. The number of aryl methyl sites for hydroxylation is 1. The highest BCUT2D eigenvalue weighted by atomic mass is 16.5. The second kappa shape index (κ2) is 6.41. The predicted octanol–water partition coefficient (Wildman–Crippen LogP) is 3.66. The van der Waals surface area contributed by atoms with E-state index in [4.69, 9.17) is 9.47 Å². The van der Waals surface area contributed by atoms with Crippen molar-refractivity contribution >= 4 is 0 Å². The quantitative estimate of drug-likeness (QED) is 0.936. The molecule has 2 aromatic carbocycles. The molecule has 0 heterocycles. The van der Waals surface area contributed by atoms with Crippen LogP contribution < -0.4 is 9.47 Å². The summed E-state index contributed by atoms with van der Waals surface area (Å²) in [5.41, 5.74) is 4.79. The summed E-state index contributed by atoms with van der Waals surface area (Å²) in [6.45, 7) is -0.0538. The maximum atomic E-state index is 9.65. The van der Waals surface area contributed by atoms with E-state index in [0.29, 0.717) is 17.4 Å². The first-order valence-corrected chi connectivity index (χ1v) is 7.72. The van der Waals surface area contributed by atoms with Gasteiger partial charge in [-0.3, -0.25) is 0 Å². The van der Waals surface area contributed by atoms with Gasteiger partial charge < -0.3 is 14.6 Å². The van der Waals surface area contributed by atoms with Crippen LogP contribution in [-0.2, 0) is 13.0 Å². The molecule has 0 radical (unpaired) electrons. The van der Waals surface area contributed by atoms with Crippen molar-refractivity contribution < 1.29 is 14.6 Å². The normalized spacial score (nSPS) is 17.0. The van der Waals surface area contributed by atoms with E-state index >= 15 is 0 Å². The summed E-state index contributed by atoms with van der Waals surface area (Å²) in [6.07, 6.45) is 3.45. The first-order valence-electron chi connectivity index (χ1n) is 7.72. The molecule has 0 unspecified atom stereocenters. The zero-order valence-electron chi connectivity index (χ0n) is 13.1. The van der Waals surface area contributed by atoms with E-state index in [0.717, 1.165) is 18.4 Å². The molecule has 3 rings (SSSR count). The number of fused-ring (bicyclic) bond motifs is 1. The van der Waals surface area contributed by atoms with E-state index in [9.17, 15) is 5.11 Å². The summed E-state index contributed by atoms with van der Waals surface area (Å²) in [5, 5.41) is 9.65. The third kappa shape index (κ3) is 2.57. The number of aliphatic hydroxyl groups is 1. The van der Waals surface area contributed by atoms with E-state index in [1.165, 1.54) is 23.1 Å². The molecule has 0 amide bonds. The Bertz CT molecular complexity index is 638. The van der Waals surface area contributed by atoms with Crippen molar-refractivity contribution in [1.29, 1.82) is 0 Å². The van der Waals surface area contributed by atoms with Gasteiger partial charge in [0.1, 0.15) is 0 Å². The zero-order valence-corrected chi connectivity index (χ0v) is 13.1. The van der Waals surface area contributed by atoms with Gasteiger partial charge in [0, 0.05) is 11.5 Å². The lowest BCUT2D eigenvalue weighted by Gasteiger charge is -2.27. The molecule has 1 atom stereocenters. The van der Waals surface area contributed by atoms with Crippen molar-refractivity contribution in [1.82, 2.24) is 0 Å². The average Bonchev–Trinajstić information content (AvgIpc) is 2.59. The van der Waals surface area contributed by atoms with E-state index in [2.05, 4.69) is 24.3 Å². The first kappa shape index (κ1) is 14.9. The van der Waals surface area contributed by atoms with E-state index in [1.807, 2.05) is 12.1 Å². The minimum Gasteiger partial charge on any atom is -0.493 e. The molecule has 3 nitrogen and oxygen atoms in total. The molecule has 0 saturated heterocycles. The third-order valence-electron chi connectivity index (χ3n) is 4.52. The summed E-state index contributed by atoms with van der Waals surface area (Å²) in [5.74, 6) is 1.67. The standard InChI is InChI=1S/C19H22O3/c1-21-18-11-14(10-15(12-20)19(18)22-2)17-9-5-7-13-6-3-4-8-16(13)17/h3-4,6,8,10-11,17,20H,5,7,9,12H2,1-2H3/t17-/m1/s1. The molecular weight excluding hydrogens is 276 g/mol. The molecule has 1 N–H and O–H groups in total. The highest BCUT2D eigenvalue weighted by Gasteiger charge is 2.23.